The van der Waals surface area contributed by atoms with E-state index in [0.717, 1.165) is 12.8 Å². The molecule has 178 valence electrons. The molecule has 0 aliphatic heterocycles. The average molecular weight is 473 g/mol. The van der Waals surface area contributed by atoms with Crippen molar-refractivity contribution in [1.82, 2.24) is 15.1 Å². The predicted molar refractivity (Wildman–Crippen MR) is 119 cm³/mol. The Bertz CT molecular complexity index is 1240. The molecule has 0 saturated heterocycles. The first kappa shape index (κ1) is 23.0. The van der Waals surface area contributed by atoms with Gasteiger partial charge in [0.2, 0.25) is 0 Å². The highest BCUT2D eigenvalue weighted by Crippen LogP contribution is 2.38. The van der Waals surface area contributed by atoms with E-state index >= 15 is 0 Å². The maximum Gasteiger partial charge on any atom is 0.387 e. The summed E-state index contributed by atoms with van der Waals surface area (Å²) in [5.41, 5.74) is 1.12. The summed E-state index contributed by atoms with van der Waals surface area (Å²) in [5.74, 6) is -1.04. The highest BCUT2D eigenvalue weighted by molar-refractivity contribution is 6.01. The summed E-state index contributed by atoms with van der Waals surface area (Å²) in [5, 5.41) is 21.4. The summed E-state index contributed by atoms with van der Waals surface area (Å²) >= 11 is 0. The third-order valence-corrected chi connectivity index (χ3v) is 5.15. The molecule has 0 spiro atoms. The zero-order valence-electron chi connectivity index (χ0n) is 18.2. The second-order valence-corrected chi connectivity index (χ2v) is 7.69. The van der Waals surface area contributed by atoms with Crippen molar-refractivity contribution >= 4 is 23.0 Å². The Balaban J connectivity index is 1.71. The number of anilines is 2. The van der Waals surface area contributed by atoms with Gasteiger partial charge in [0, 0.05) is 48.7 Å². The SMILES string of the molecule is COc1cc(Nc2ccc(-c3cnn(C)c3)cc2[N+](=O)[O-])cc(OC(F)F)c1C(=O)NC1CC1. The maximum atomic E-state index is 13.1. The number of methoxy groups -OCH3 is 1. The quantitative estimate of drug-likeness (QED) is 0.352. The summed E-state index contributed by atoms with van der Waals surface area (Å²) < 4.78 is 37.6. The van der Waals surface area contributed by atoms with E-state index in [0.29, 0.717) is 11.1 Å². The van der Waals surface area contributed by atoms with E-state index in [9.17, 15) is 23.7 Å². The fraction of sp³-hybridized carbons (Fsp3) is 0.273. The normalized spacial score (nSPS) is 13.0. The van der Waals surface area contributed by atoms with Gasteiger partial charge in [-0.05, 0) is 24.5 Å². The Morgan fingerprint density at radius 1 is 1.24 bits per heavy atom. The lowest BCUT2D eigenvalue weighted by Crippen LogP contribution is -2.26. The van der Waals surface area contributed by atoms with Crippen LogP contribution < -0.4 is 20.1 Å². The third-order valence-electron chi connectivity index (χ3n) is 5.15. The number of nitro groups is 1. The number of rotatable bonds is 9. The number of benzene rings is 2. The van der Waals surface area contributed by atoms with Gasteiger partial charge in [-0.15, -0.1) is 0 Å². The lowest BCUT2D eigenvalue weighted by molar-refractivity contribution is -0.383. The number of alkyl halides is 2. The highest BCUT2D eigenvalue weighted by Gasteiger charge is 2.29. The molecule has 3 aromatic rings. The number of nitrogens with one attached hydrogen (secondary N) is 2. The zero-order chi connectivity index (χ0) is 24.4. The van der Waals surface area contributed by atoms with Crippen LogP contribution in [0.15, 0.2) is 42.7 Å². The van der Waals surface area contributed by atoms with Crippen molar-refractivity contribution in [3.63, 3.8) is 0 Å². The number of carbonyl (C=O) groups excluding carboxylic acids is 1. The van der Waals surface area contributed by atoms with Crippen molar-refractivity contribution in [2.75, 3.05) is 12.4 Å². The van der Waals surface area contributed by atoms with Crippen molar-refractivity contribution in [3.8, 4) is 22.6 Å². The highest BCUT2D eigenvalue weighted by atomic mass is 19.3. The fourth-order valence-corrected chi connectivity index (χ4v) is 3.41. The molecule has 34 heavy (non-hydrogen) atoms. The van der Waals surface area contributed by atoms with Gasteiger partial charge in [0.15, 0.2) is 0 Å². The lowest BCUT2D eigenvalue weighted by Gasteiger charge is -2.17. The molecule has 0 bridgehead atoms. The number of nitro benzene ring substituents is 1. The Hall–Kier alpha value is -4.22. The van der Waals surface area contributed by atoms with Crippen LogP contribution in [0.4, 0.5) is 25.8 Å². The molecule has 0 radical (unpaired) electrons. The Labute approximate surface area is 192 Å². The molecule has 1 amide bonds. The monoisotopic (exact) mass is 473 g/mol. The van der Waals surface area contributed by atoms with E-state index in [1.54, 1.807) is 30.2 Å². The molecule has 1 saturated carbocycles. The van der Waals surface area contributed by atoms with E-state index in [1.165, 1.54) is 31.4 Å². The second-order valence-electron chi connectivity index (χ2n) is 7.69. The van der Waals surface area contributed by atoms with Crippen molar-refractivity contribution in [2.45, 2.75) is 25.5 Å². The van der Waals surface area contributed by atoms with Crippen LogP contribution in [0.5, 0.6) is 11.5 Å². The number of nitrogens with zero attached hydrogens (tertiary/aromatic N) is 3. The number of amides is 1. The summed E-state index contributed by atoms with van der Waals surface area (Å²) in [6.45, 7) is -3.19. The molecule has 1 heterocycles. The first-order chi connectivity index (χ1) is 16.2. The van der Waals surface area contributed by atoms with Crippen LogP contribution in [0.25, 0.3) is 11.1 Å². The van der Waals surface area contributed by atoms with Crippen molar-refractivity contribution in [3.05, 3.63) is 58.4 Å². The molecule has 2 aromatic carbocycles. The average Bonchev–Trinajstić information content (AvgIpc) is 3.49. The molecule has 1 fully saturated rings. The maximum absolute atomic E-state index is 13.1. The Morgan fingerprint density at radius 3 is 2.56 bits per heavy atom. The van der Waals surface area contributed by atoms with Crippen LogP contribution in [0.1, 0.15) is 23.2 Å². The number of aryl methyl sites for hydroxylation is 1. The fourth-order valence-electron chi connectivity index (χ4n) is 3.41. The van der Waals surface area contributed by atoms with Gasteiger partial charge in [-0.1, -0.05) is 6.07 Å². The molecule has 12 heteroatoms. The Kier molecular flexibility index (Phi) is 6.30. The first-order valence-corrected chi connectivity index (χ1v) is 10.3. The molecule has 2 N–H and O–H groups in total. The number of halogens is 2. The van der Waals surface area contributed by atoms with Gasteiger partial charge < -0.3 is 20.1 Å². The molecule has 1 aliphatic carbocycles. The molecule has 1 aliphatic rings. The minimum absolute atomic E-state index is 0.0182. The largest absolute Gasteiger partial charge is 0.496 e. The minimum Gasteiger partial charge on any atom is -0.496 e. The van der Waals surface area contributed by atoms with Crippen LogP contribution in [-0.2, 0) is 7.05 Å². The van der Waals surface area contributed by atoms with Gasteiger partial charge in [0.25, 0.3) is 11.6 Å². The first-order valence-electron chi connectivity index (χ1n) is 10.3. The van der Waals surface area contributed by atoms with Gasteiger partial charge in [-0.2, -0.15) is 13.9 Å². The number of ether oxygens (including phenoxy) is 2. The number of carbonyl (C=O) groups is 1. The Morgan fingerprint density at radius 2 is 1.97 bits per heavy atom. The zero-order valence-corrected chi connectivity index (χ0v) is 18.2. The van der Waals surface area contributed by atoms with Crippen LogP contribution >= 0.6 is 0 Å². The summed E-state index contributed by atoms with van der Waals surface area (Å²) in [6, 6.07) is 7.08. The predicted octanol–water partition coefficient (Wildman–Crippen LogP) is 4.24. The number of hydrogen-bond acceptors (Lipinski definition) is 7. The molecular formula is C22H21F2N5O5. The van der Waals surface area contributed by atoms with Gasteiger partial charge in [0.1, 0.15) is 22.7 Å². The second kappa shape index (κ2) is 9.33. The van der Waals surface area contributed by atoms with Crippen LogP contribution in [-0.4, -0.2) is 40.4 Å². The van der Waals surface area contributed by atoms with E-state index in [2.05, 4.69) is 20.5 Å². The van der Waals surface area contributed by atoms with E-state index < -0.39 is 23.2 Å². The lowest BCUT2D eigenvalue weighted by atomic mass is 10.1. The molecule has 4 rings (SSSR count). The minimum atomic E-state index is -3.19. The van der Waals surface area contributed by atoms with Crippen LogP contribution in [0.3, 0.4) is 0 Å². The summed E-state index contributed by atoms with van der Waals surface area (Å²) in [7, 11) is 3.01. The van der Waals surface area contributed by atoms with Gasteiger partial charge in [-0.3, -0.25) is 19.6 Å². The smallest absolute Gasteiger partial charge is 0.387 e. The molecule has 0 unspecified atom stereocenters. The standard InChI is InChI=1S/C22H21F2N5O5/c1-28-11-13(10-25-28)12-3-6-16(17(7-12)29(31)32)26-15-8-18(33-2)20(19(9-15)34-22(23)24)21(30)27-14-4-5-14/h3,6-11,14,22,26H,4-5H2,1-2H3,(H,27,30). The van der Waals surface area contributed by atoms with Gasteiger partial charge in [0.05, 0.1) is 18.2 Å². The molecule has 0 atom stereocenters. The van der Waals surface area contributed by atoms with E-state index in [1.807, 2.05) is 0 Å². The molecular weight excluding hydrogens is 452 g/mol. The van der Waals surface area contributed by atoms with E-state index in [-0.39, 0.29) is 34.4 Å². The molecule has 1 aromatic heterocycles. The van der Waals surface area contributed by atoms with Gasteiger partial charge >= 0.3 is 6.61 Å². The van der Waals surface area contributed by atoms with Crippen LogP contribution in [0, 0.1) is 10.1 Å². The number of aromatic nitrogens is 2. The van der Waals surface area contributed by atoms with Crippen molar-refractivity contribution in [1.29, 1.82) is 0 Å². The van der Waals surface area contributed by atoms with Crippen molar-refractivity contribution in [2.24, 2.45) is 7.05 Å². The third kappa shape index (κ3) is 5.05. The molecule has 10 nitrogen and oxygen atoms in total. The topological polar surface area (TPSA) is 121 Å². The summed E-state index contributed by atoms with van der Waals surface area (Å²) in [4.78, 5) is 23.8. The van der Waals surface area contributed by atoms with Crippen LogP contribution in [0.2, 0.25) is 0 Å². The van der Waals surface area contributed by atoms with Gasteiger partial charge in [-0.25, -0.2) is 0 Å². The van der Waals surface area contributed by atoms with Crippen molar-refractivity contribution < 1.29 is 28.0 Å². The number of hydrogen-bond donors (Lipinski definition) is 2. The summed E-state index contributed by atoms with van der Waals surface area (Å²) in [6.07, 6.45) is 4.90. The van der Waals surface area contributed by atoms with E-state index in [4.69, 9.17) is 4.74 Å².